The maximum Gasteiger partial charge on any atom is 0.259 e. The third-order valence-electron chi connectivity index (χ3n) is 5.80. The van der Waals surface area contributed by atoms with Crippen molar-refractivity contribution in [2.75, 3.05) is 38.3 Å². The van der Waals surface area contributed by atoms with E-state index in [9.17, 15) is 4.79 Å². The smallest absolute Gasteiger partial charge is 0.259 e. The Hall–Kier alpha value is -3.71. The Kier molecular flexibility index (Phi) is 5.56. The molecular formula is C25H25N5O2. The van der Waals surface area contributed by atoms with Gasteiger partial charge in [0.1, 0.15) is 5.56 Å². The molecule has 162 valence electrons. The predicted molar refractivity (Wildman–Crippen MR) is 124 cm³/mol. The number of morpholine rings is 1. The van der Waals surface area contributed by atoms with E-state index in [1.807, 2.05) is 55.6 Å². The van der Waals surface area contributed by atoms with Gasteiger partial charge in [-0.25, -0.2) is 9.50 Å². The van der Waals surface area contributed by atoms with Crippen LogP contribution in [0, 0.1) is 0 Å². The molecular weight excluding hydrogens is 402 g/mol. The zero-order chi connectivity index (χ0) is 21.9. The first-order valence-electron chi connectivity index (χ1n) is 10.8. The second kappa shape index (κ2) is 8.80. The second-order valence-corrected chi connectivity index (χ2v) is 7.88. The molecule has 0 unspecified atom stereocenters. The minimum atomic E-state index is -0.102. The first-order chi connectivity index (χ1) is 15.7. The Bertz CT molecular complexity index is 1230. The van der Waals surface area contributed by atoms with E-state index < -0.39 is 0 Å². The number of rotatable bonds is 5. The van der Waals surface area contributed by atoms with Gasteiger partial charge in [-0.2, -0.15) is 5.10 Å². The lowest BCUT2D eigenvalue weighted by molar-refractivity contribution is 0.0786. The maximum atomic E-state index is 13.4. The number of amides is 1. The van der Waals surface area contributed by atoms with E-state index in [0.29, 0.717) is 17.8 Å². The van der Waals surface area contributed by atoms with Gasteiger partial charge in [-0.3, -0.25) is 4.79 Å². The highest BCUT2D eigenvalue weighted by Gasteiger charge is 2.21. The number of para-hydroxylation sites is 1. The summed E-state index contributed by atoms with van der Waals surface area (Å²) in [6.07, 6.45) is 3.34. The molecule has 1 fully saturated rings. The molecule has 5 rings (SSSR count). The summed E-state index contributed by atoms with van der Waals surface area (Å²) in [7, 11) is 1.82. The SMILES string of the molecule is CN(Cc1ccccc1N1CCOCC1)C(=O)c1cnn2c(-c3ccccc3)ccnc12. The Morgan fingerprint density at radius 2 is 1.78 bits per heavy atom. The van der Waals surface area contributed by atoms with Crippen LogP contribution < -0.4 is 4.90 Å². The average Bonchev–Trinajstić information content (AvgIpc) is 3.29. The van der Waals surface area contributed by atoms with Gasteiger partial charge in [0, 0.05) is 44.1 Å². The molecule has 1 saturated heterocycles. The van der Waals surface area contributed by atoms with Gasteiger partial charge in [0.05, 0.1) is 25.1 Å². The fourth-order valence-electron chi connectivity index (χ4n) is 4.16. The van der Waals surface area contributed by atoms with E-state index in [-0.39, 0.29) is 5.91 Å². The highest BCUT2D eigenvalue weighted by Crippen LogP contribution is 2.25. The fraction of sp³-hybridized carbons (Fsp3) is 0.240. The van der Waals surface area contributed by atoms with E-state index in [2.05, 4.69) is 27.1 Å². The minimum Gasteiger partial charge on any atom is -0.378 e. The van der Waals surface area contributed by atoms with Crippen LogP contribution in [0.25, 0.3) is 16.9 Å². The number of benzene rings is 2. The standard InChI is InChI=1S/C25H25N5O2/c1-28(18-20-9-5-6-10-22(20)29-13-15-32-16-14-29)25(31)21-17-27-30-23(11-12-26-24(21)30)19-7-3-2-4-8-19/h2-12,17H,13-16,18H2,1H3. The van der Waals surface area contributed by atoms with Gasteiger partial charge in [-0.05, 0) is 17.7 Å². The molecule has 4 aromatic rings. The van der Waals surface area contributed by atoms with Crippen molar-refractivity contribution in [3.05, 3.63) is 84.2 Å². The first kappa shape index (κ1) is 20.2. The van der Waals surface area contributed by atoms with Crippen molar-refractivity contribution >= 4 is 17.2 Å². The fourth-order valence-corrected chi connectivity index (χ4v) is 4.16. The van der Waals surface area contributed by atoms with Gasteiger partial charge >= 0.3 is 0 Å². The molecule has 3 heterocycles. The number of ether oxygens (including phenoxy) is 1. The molecule has 0 N–H and O–H groups in total. The molecule has 2 aromatic carbocycles. The van der Waals surface area contributed by atoms with Gasteiger partial charge in [0.15, 0.2) is 5.65 Å². The molecule has 7 nitrogen and oxygen atoms in total. The first-order valence-corrected chi connectivity index (χ1v) is 10.8. The number of carbonyl (C=O) groups is 1. The molecule has 0 saturated carbocycles. The molecule has 2 aromatic heterocycles. The number of anilines is 1. The van der Waals surface area contributed by atoms with Gasteiger partial charge in [0.25, 0.3) is 5.91 Å². The third kappa shape index (κ3) is 3.83. The molecule has 0 spiro atoms. The number of hydrogen-bond acceptors (Lipinski definition) is 5. The van der Waals surface area contributed by atoms with E-state index in [1.54, 1.807) is 21.8 Å². The Morgan fingerprint density at radius 1 is 1.03 bits per heavy atom. The third-order valence-corrected chi connectivity index (χ3v) is 5.80. The van der Waals surface area contributed by atoms with E-state index >= 15 is 0 Å². The normalized spacial score (nSPS) is 14.0. The molecule has 1 aliphatic heterocycles. The highest BCUT2D eigenvalue weighted by molar-refractivity contribution is 5.99. The van der Waals surface area contributed by atoms with Crippen molar-refractivity contribution in [2.24, 2.45) is 0 Å². The minimum absolute atomic E-state index is 0.102. The van der Waals surface area contributed by atoms with Crippen LogP contribution in [0.3, 0.4) is 0 Å². The quantitative estimate of drug-likeness (QED) is 0.488. The summed E-state index contributed by atoms with van der Waals surface area (Å²) in [5.74, 6) is -0.102. The van der Waals surface area contributed by atoms with Crippen LogP contribution in [0.4, 0.5) is 5.69 Å². The number of carbonyl (C=O) groups excluding carboxylic acids is 1. The van der Waals surface area contributed by atoms with Crippen molar-refractivity contribution in [3.8, 4) is 11.3 Å². The van der Waals surface area contributed by atoms with Crippen molar-refractivity contribution in [3.63, 3.8) is 0 Å². The van der Waals surface area contributed by atoms with Gasteiger partial charge in [0.2, 0.25) is 0 Å². The lowest BCUT2D eigenvalue weighted by Gasteiger charge is -2.31. The molecule has 32 heavy (non-hydrogen) atoms. The highest BCUT2D eigenvalue weighted by atomic mass is 16.5. The average molecular weight is 428 g/mol. The molecule has 7 heteroatoms. The largest absolute Gasteiger partial charge is 0.378 e. The Labute approximate surface area is 186 Å². The molecule has 1 aliphatic rings. The molecule has 1 amide bonds. The zero-order valence-electron chi connectivity index (χ0n) is 18.0. The molecule has 0 radical (unpaired) electrons. The van der Waals surface area contributed by atoms with Crippen LogP contribution in [0.1, 0.15) is 15.9 Å². The number of aromatic nitrogens is 3. The summed E-state index contributed by atoms with van der Waals surface area (Å²) in [6.45, 7) is 3.66. The van der Waals surface area contributed by atoms with Crippen molar-refractivity contribution in [2.45, 2.75) is 6.54 Å². The Balaban J connectivity index is 1.42. The van der Waals surface area contributed by atoms with Crippen LogP contribution in [0.5, 0.6) is 0 Å². The van der Waals surface area contributed by atoms with Gasteiger partial charge in [-0.1, -0.05) is 48.5 Å². The number of hydrogen-bond donors (Lipinski definition) is 0. The van der Waals surface area contributed by atoms with E-state index in [1.165, 1.54) is 0 Å². The van der Waals surface area contributed by atoms with Crippen molar-refractivity contribution in [1.82, 2.24) is 19.5 Å². The van der Waals surface area contributed by atoms with Crippen molar-refractivity contribution < 1.29 is 9.53 Å². The van der Waals surface area contributed by atoms with Gasteiger partial charge < -0.3 is 14.5 Å². The van der Waals surface area contributed by atoms with Crippen molar-refractivity contribution in [1.29, 1.82) is 0 Å². The summed E-state index contributed by atoms with van der Waals surface area (Å²) in [5, 5.41) is 4.48. The lowest BCUT2D eigenvalue weighted by Crippen LogP contribution is -2.37. The monoisotopic (exact) mass is 427 g/mol. The van der Waals surface area contributed by atoms with E-state index in [4.69, 9.17) is 4.74 Å². The summed E-state index contributed by atoms with van der Waals surface area (Å²) < 4.78 is 7.22. The summed E-state index contributed by atoms with van der Waals surface area (Å²) in [4.78, 5) is 21.9. The zero-order valence-corrected chi connectivity index (χ0v) is 18.0. The summed E-state index contributed by atoms with van der Waals surface area (Å²) in [6, 6.07) is 20.1. The van der Waals surface area contributed by atoms with Crippen LogP contribution in [-0.4, -0.2) is 58.8 Å². The number of fused-ring (bicyclic) bond motifs is 1. The molecule has 0 bridgehead atoms. The van der Waals surface area contributed by atoms with Gasteiger partial charge in [-0.15, -0.1) is 0 Å². The van der Waals surface area contributed by atoms with Crippen LogP contribution in [0.15, 0.2) is 73.1 Å². The lowest BCUT2D eigenvalue weighted by atomic mass is 10.1. The number of nitrogens with zero attached hydrogens (tertiary/aromatic N) is 5. The second-order valence-electron chi connectivity index (χ2n) is 7.88. The molecule has 0 aliphatic carbocycles. The predicted octanol–water partition coefficient (Wildman–Crippen LogP) is 3.51. The van der Waals surface area contributed by atoms with Crippen LogP contribution in [0.2, 0.25) is 0 Å². The summed E-state index contributed by atoms with van der Waals surface area (Å²) >= 11 is 0. The van der Waals surface area contributed by atoms with Crippen LogP contribution >= 0.6 is 0 Å². The van der Waals surface area contributed by atoms with E-state index in [0.717, 1.165) is 48.8 Å². The maximum absolute atomic E-state index is 13.4. The topological polar surface area (TPSA) is 63.0 Å². The Morgan fingerprint density at radius 3 is 2.59 bits per heavy atom. The molecule has 0 atom stereocenters. The van der Waals surface area contributed by atoms with Crippen LogP contribution in [-0.2, 0) is 11.3 Å². The summed E-state index contributed by atoms with van der Waals surface area (Å²) in [5.41, 5.74) is 5.24.